The van der Waals surface area contributed by atoms with E-state index in [-0.39, 0.29) is 5.56 Å². The third-order valence-corrected chi connectivity index (χ3v) is 1.94. The fourth-order valence-electron chi connectivity index (χ4n) is 0.794. The van der Waals surface area contributed by atoms with Crippen LogP contribution in [0.5, 0.6) is 0 Å². The van der Waals surface area contributed by atoms with E-state index in [2.05, 4.69) is 15.9 Å². The van der Waals surface area contributed by atoms with Crippen LogP contribution in [0.25, 0.3) is 0 Å². The standard InChI is InChI=1S/C6H8BrNO2/c1-4-5(3-7)6(9)8(2)10-4/h3H2,1-2H3. The molecule has 0 bridgehead atoms. The van der Waals surface area contributed by atoms with Crippen molar-refractivity contribution in [1.82, 2.24) is 4.74 Å². The maximum atomic E-state index is 11.1. The third kappa shape index (κ3) is 1.03. The highest BCUT2D eigenvalue weighted by Crippen LogP contribution is 2.05. The average Bonchev–Trinajstić information content (AvgIpc) is 2.09. The first-order valence-corrected chi connectivity index (χ1v) is 4.00. The van der Waals surface area contributed by atoms with E-state index in [4.69, 9.17) is 4.52 Å². The molecule has 10 heavy (non-hydrogen) atoms. The normalized spacial score (nSPS) is 10.3. The summed E-state index contributed by atoms with van der Waals surface area (Å²) in [5, 5.41) is 0.558. The molecule has 0 fully saturated rings. The molecule has 0 saturated heterocycles. The van der Waals surface area contributed by atoms with Crippen LogP contribution in [0.1, 0.15) is 11.3 Å². The molecule has 1 rings (SSSR count). The third-order valence-electron chi connectivity index (χ3n) is 1.38. The smallest absolute Gasteiger partial charge is 0.286 e. The molecule has 1 aromatic rings. The van der Waals surface area contributed by atoms with Crippen LogP contribution in [-0.4, -0.2) is 4.74 Å². The van der Waals surface area contributed by atoms with Crippen LogP contribution < -0.4 is 5.56 Å². The van der Waals surface area contributed by atoms with Crippen molar-refractivity contribution in [3.63, 3.8) is 0 Å². The lowest BCUT2D eigenvalue weighted by Gasteiger charge is -1.82. The van der Waals surface area contributed by atoms with Gasteiger partial charge in [-0.15, -0.1) is 0 Å². The van der Waals surface area contributed by atoms with Gasteiger partial charge in [0.1, 0.15) is 5.76 Å². The molecule has 0 spiro atoms. The number of rotatable bonds is 1. The summed E-state index contributed by atoms with van der Waals surface area (Å²) >= 11 is 3.20. The van der Waals surface area contributed by atoms with Crippen molar-refractivity contribution in [3.8, 4) is 0 Å². The van der Waals surface area contributed by atoms with Crippen LogP contribution in [0.2, 0.25) is 0 Å². The van der Waals surface area contributed by atoms with E-state index in [1.54, 1.807) is 14.0 Å². The predicted octanol–water partition coefficient (Wildman–Crippen LogP) is 1.18. The Morgan fingerprint density at radius 3 is 2.50 bits per heavy atom. The van der Waals surface area contributed by atoms with Gasteiger partial charge < -0.3 is 4.52 Å². The summed E-state index contributed by atoms with van der Waals surface area (Å²) < 4.78 is 6.24. The number of hydrogen-bond donors (Lipinski definition) is 0. The van der Waals surface area contributed by atoms with Gasteiger partial charge in [-0.2, -0.15) is 4.74 Å². The van der Waals surface area contributed by atoms with Crippen LogP contribution >= 0.6 is 15.9 Å². The van der Waals surface area contributed by atoms with E-state index in [1.165, 1.54) is 4.74 Å². The van der Waals surface area contributed by atoms with Crippen LogP contribution in [0, 0.1) is 6.92 Å². The molecule has 0 aliphatic carbocycles. The summed E-state index contributed by atoms with van der Waals surface area (Å²) in [5.41, 5.74) is 0.636. The van der Waals surface area contributed by atoms with Crippen LogP contribution in [0.3, 0.4) is 0 Å². The van der Waals surface area contributed by atoms with Crippen molar-refractivity contribution >= 4 is 15.9 Å². The van der Waals surface area contributed by atoms with Crippen molar-refractivity contribution in [2.45, 2.75) is 12.3 Å². The van der Waals surface area contributed by atoms with Gasteiger partial charge in [0.2, 0.25) is 0 Å². The fourth-order valence-corrected chi connectivity index (χ4v) is 1.43. The van der Waals surface area contributed by atoms with Crippen molar-refractivity contribution in [3.05, 3.63) is 21.7 Å². The van der Waals surface area contributed by atoms with Gasteiger partial charge in [0.25, 0.3) is 5.56 Å². The van der Waals surface area contributed by atoms with E-state index in [1.807, 2.05) is 0 Å². The Hall–Kier alpha value is -0.510. The number of alkyl halides is 1. The van der Waals surface area contributed by atoms with Crippen LogP contribution in [0.4, 0.5) is 0 Å². The van der Waals surface area contributed by atoms with Crippen LogP contribution in [0.15, 0.2) is 9.32 Å². The number of hydrogen-bond acceptors (Lipinski definition) is 2. The molecule has 4 heteroatoms. The fraction of sp³-hybridized carbons (Fsp3) is 0.500. The summed E-state index contributed by atoms with van der Waals surface area (Å²) in [5.74, 6) is 0.685. The first kappa shape index (κ1) is 7.60. The molecular formula is C6H8BrNO2. The molecule has 0 aliphatic heterocycles. The lowest BCUT2D eigenvalue weighted by atomic mass is 10.3. The van der Waals surface area contributed by atoms with Gasteiger partial charge >= 0.3 is 0 Å². The van der Waals surface area contributed by atoms with Crippen molar-refractivity contribution < 1.29 is 4.52 Å². The van der Waals surface area contributed by atoms with E-state index in [0.717, 1.165) is 0 Å². The summed E-state index contributed by atoms with van der Waals surface area (Å²) in [6.45, 7) is 1.78. The van der Waals surface area contributed by atoms with Gasteiger partial charge in [-0.1, -0.05) is 15.9 Å². The van der Waals surface area contributed by atoms with Crippen LogP contribution in [-0.2, 0) is 12.4 Å². The number of nitrogens with zero attached hydrogens (tertiary/aromatic N) is 1. The van der Waals surface area contributed by atoms with Crippen molar-refractivity contribution in [1.29, 1.82) is 0 Å². The molecule has 0 amide bonds. The zero-order valence-electron chi connectivity index (χ0n) is 5.85. The molecule has 56 valence electrons. The highest BCUT2D eigenvalue weighted by molar-refractivity contribution is 9.08. The second-order valence-electron chi connectivity index (χ2n) is 2.06. The largest absolute Gasteiger partial charge is 0.381 e. The summed E-state index contributed by atoms with van der Waals surface area (Å²) in [4.78, 5) is 11.1. The highest BCUT2D eigenvalue weighted by Gasteiger charge is 2.08. The number of aromatic nitrogens is 1. The van der Waals surface area contributed by atoms with E-state index >= 15 is 0 Å². The predicted molar refractivity (Wildman–Crippen MR) is 41.3 cm³/mol. The average molecular weight is 206 g/mol. The molecule has 0 unspecified atom stereocenters. The molecule has 0 N–H and O–H groups in total. The molecule has 0 saturated carbocycles. The first-order valence-electron chi connectivity index (χ1n) is 2.88. The summed E-state index contributed by atoms with van der Waals surface area (Å²) in [6, 6.07) is 0. The maximum absolute atomic E-state index is 11.1. The molecule has 3 nitrogen and oxygen atoms in total. The molecule has 1 heterocycles. The van der Waals surface area contributed by atoms with Crippen molar-refractivity contribution in [2.24, 2.45) is 7.05 Å². The molecule has 0 radical (unpaired) electrons. The Morgan fingerprint density at radius 2 is 2.30 bits per heavy atom. The minimum Gasteiger partial charge on any atom is -0.381 e. The minimum absolute atomic E-state index is 0.0608. The topological polar surface area (TPSA) is 35.1 Å². The monoisotopic (exact) mass is 205 g/mol. The van der Waals surface area contributed by atoms with Gasteiger partial charge in [-0.25, -0.2) is 0 Å². The van der Waals surface area contributed by atoms with E-state index in [0.29, 0.717) is 16.7 Å². The second kappa shape index (κ2) is 2.62. The minimum atomic E-state index is -0.0608. The Morgan fingerprint density at radius 1 is 1.70 bits per heavy atom. The zero-order chi connectivity index (χ0) is 7.72. The Balaban J connectivity index is 3.34. The van der Waals surface area contributed by atoms with E-state index < -0.39 is 0 Å². The molecule has 0 aliphatic rings. The van der Waals surface area contributed by atoms with Gasteiger partial charge in [0.15, 0.2) is 0 Å². The van der Waals surface area contributed by atoms with Crippen molar-refractivity contribution in [2.75, 3.05) is 0 Å². The molecule has 0 atom stereocenters. The molecular weight excluding hydrogens is 198 g/mol. The SMILES string of the molecule is Cc1on(C)c(=O)c1CBr. The number of halogens is 1. The number of aryl methyl sites for hydroxylation is 2. The van der Waals surface area contributed by atoms with Gasteiger partial charge in [-0.05, 0) is 6.92 Å². The maximum Gasteiger partial charge on any atom is 0.286 e. The zero-order valence-corrected chi connectivity index (χ0v) is 7.43. The second-order valence-corrected chi connectivity index (χ2v) is 2.62. The highest BCUT2D eigenvalue weighted by atomic mass is 79.9. The van der Waals surface area contributed by atoms with E-state index in [9.17, 15) is 4.79 Å². The Labute approximate surface area is 66.7 Å². The van der Waals surface area contributed by atoms with Gasteiger partial charge in [0, 0.05) is 12.4 Å². The molecule has 0 aromatic carbocycles. The Bertz CT molecular complexity index is 286. The molecule has 1 aromatic heterocycles. The van der Waals surface area contributed by atoms with Gasteiger partial charge in [0.05, 0.1) is 5.56 Å². The lowest BCUT2D eigenvalue weighted by Crippen LogP contribution is -2.12. The lowest BCUT2D eigenvalue weighted by molar-refractivity contribution is 0.283. The Kier molecular flexibility index (Phi) is 1.99. The first-order chi connectivity index (χ1) is 4.66. The van der Waals surface area contributed by atoms with Gasteiger partial charge in [-0.3, -0.25) is 4.79 Å². The summed E-state index contributed by atoms with van der Waals surface area (Å²) in [7, 11) is 1.60. The summed E-state index contributed by atoms with van der Waals surface area (Å²) in [6.07, 6.45) is 0. The quantitative estimate of drug-likeness (QED) is 0.646.